The molecule has 16 heavy (non-hydrogen) atoms. The van der Waals surface area contributed by atoms with Gasteiger partial charge < -0.3 is 10.0 Å². The van der Waals surface area contributed by atoms with Gasteiger partial charge in [-0.25, -0.2) is 0 Å². The van der Waals surface area contributed by atoms with Crippen LogP contribution in [0.1, 0.15) is 6.42 Å². The number of terminal acetylenes is 1. The van der Waals surface area contributed by atoms with Gasteiger partial charge in [0.05, 0.1) is 4.47 Å². The van der Waals surface area contributed by atoms with Crippen molar-refractivity contribution in [3.63, 3.8) is 0 Å². The van der Waals surface area contributed by atoms with Crippen molar-refractivity contribution in [3.05, 3.63) is 22.7 Å². The molecule has 1 atom stereocenters. The highest BCUT2D eigenvalue weighted by molar-refractivity contribution is 9.10. The van der Waals surface area contributed by atoms with Crippen LogP contribution in [0.5, 0.6) is 5.75 Å². The summed E-state index contributed by atoms with van der Waals surface area (Å²) in [6.07, 6.45) is 5.71. The third kappa shape index (κ3) is 1.91. The zero-order chi connectivity index (χ0) is 11.7. The van der Waals surface area contributed by atoms with Crippen molar-refractivity contribution in [1.29, 1.82) is 0 Å². The summed E-state index contributed by atoms with van der Waals surface area (Å²) in [5, 5.41) is 9.37. The summed E-state index contributed by atoms with van der Waals surface area (Å²) >= 11 is 3.22. The Hall–Kier alpha value is -1.47. The molecule has 1 amide bonds. The predicted octanol–water partition coefficient (Wildman–Crippen LogP) is 2.14. The lowest BCUT2D eigenvalue weighted by molar-refractivity contribution is -0.117. The average Bonchev–Trinajstić information content (AvgIpc) is 2.64. The molecule has 0 saturated carbocycles. The second kappa shape index (κ2) is 4.18. The van der Waals surface area contributed by atoms with Crippen LogP contribution in [0.4, 0.5) is 5.69 Å². The summed E-state index contributed by atoms with van der Waals surface area (Å²) in [6, 6.07) is 4.97. The Kier molecular flexibility index (Phi) is 2.88. The number of carbonyl (C=O) groups is 1. The fraction of sp³-hybridized carbons (Fsp3) is 0.250. The minimum absolute atomic E-state index is 0.0138. The molecule has 1 N–H and O–H groups in total. The number of aromatic hydroxyl groups is 1. The summed E-state index contributed by atoms with van der Waals surface area (Å²) in [6.45, 7) is 0.548. The molecule has 0 radical (unpaired) electrons. The maximum Gasteiger partial charge on any atom is 0.228 e. The number of halogens is 1. The highest BCUT2D eigenvalue weighted by Crippen LogP contribution is 2.31. The van der Waals surface area contributed by atoms with Crippen LogP contribution >= 0.6 is 15.9 Å². The van der Waals surface area contributed by atoms with E-state index in [0.29, 0.717) is 17.4 Å². The topological polar surface area (TPSA) is 40.5 Å². The number of nitrogens with zero attached hydrogens (tertiary/aromatic N) is 1. The van der Waals surface area contributed by atoms with E-state index < -0.39 is 0 Å². The van der Waals surface area contributed by atoms with Crippen molar-refractivity contribution in [1.82, 2.24) is 0 Å². The highest BCUT2D eigenvalue weighted by atomic mass is 79.9. The Morgan fingerprint density at radius 1 is 1.56 bits per heavy atom. The Balaban J connectivity index is 2.29. The van der Waals surface area contributed by atoms with Crippen molar-refractivity contribution in [2.24, 2.45) is 5.92 Å². The fourth-order valence-electron chi connectivity index (χ4n) is 1.73. The van der Waals surface area contributed by atoms with E-state index in [1.807, 2.05) is 0 Å². The Bertz CT molecular complexity index is 478. The number of amides is 1. The molecular formula is C12H10BrNO2. The van der Waals surface area contributed by atoms with E-state index in [2.05, 4.69) is 21.9 Å². The lowest BCUT2D eigenvalue weighted by atomic mass is 10.1. The largest absolute Gasteiger partial charge is 0.507 e. The van der Waals surface area contributed by atoms with E-state index in [-0.39, 0.29) is 17.6 Å². The first-order valence-electron chi connectivity index (χ1n) is 4.87. The molecule has 0 bridgehead atoms. The molecule has 1 saturated heterocycles. The van der Waals surface area contributed by atoms with Gasteiger partial charge in [-0.05, 0) is 34.1 Å². The molecule has 1 aliphatic rings. The maximum absolute atomic E-state index is 11.7. The second-order valence-electron chi connectivity index (χ2n) is 3.71. The molecular weight excluding hydrogens is 270 g/mol. The predicted molar refractivity (Wildman–Crippen MR) is 65.1 cm³/mol. The molecule has 0 spiro atoms. The van der Waals surface area contributed by atoms with Crippen molar-refractivity contribution < 1.29 is 9.90 Å². The first-order valence-corrected chi connectivity index (χ1v) is 5.66. The first-order chi connectivity index (χ1) is 7.61. The summed E-state index contributed by atoms with van der Waals surface area (Å²) < 4.78 is 0.571. The van der Waals surface area contributed by atoms with E-state index in [1.165, 1.54) is 0 Å². The SMILES string of the molecule is C#CC1CC(=O)N(c2ccc(O)c(Br)c2)C1. The number of benzene rings is 1. The first kappa shape index (κ1) is 11.0. The Labute approximate surface area is 102 Å². The van der Waals surface area contributed by atoms with Crippen LogP contribution in [0, 0.1) is 18.3 Å². The molecule has 1 heterocycles. The summed E-state index contributed by atoms with van der Waals surface area (Å²) in [4.78, 5) is 13.3. The molecule has 0 aliphatic carbocycles. The fourth-order valence-corrected chi connectivity index (χ4v) is 2.10. The highest BCUT2D eigenvalue weighted by Gasteiger charge is 2.29. The molecule has 82 valence electrons. The molecule has 2 rings (SSSR count). The van der Waals surface area contributed by atoms with E-state index in [0.717, 1.165) is 5.69 Å². The minimum atomic E-state index is -0.0138. The zero-order valence-corrected chi connectivity index (χ0v) is 10.1. The van der Waals surface area contributed by atoms with Crippen molar-refractivity contribution >= 4 is 27.5 Å². The molecule has 1 aromatic carbocycles. The van der Waals surface area contributed by atoms with Gasteiger partial charge in [0.25, 0.3) is 0 Å². The van der Waals surface area contributed by atoms with Crippen LogP contribution in [0.15, 0.2) is 22.7 Å². The molecule has 1 unspecified atom stereocenters. The number of carbonyl (C=O) groups excluding carboxylic acids is 1. The van der Waals surface area contributed by atoms with Crippen LogP contribution in [0.3, 0.4) is 0 Å². The van der Waals surface area contributed by atoms with Crippen LogP contribution in [-0.2, 0) is 4.79 Å². The normalized spacial score (nSPS) is 19.9. The number of phenolic OH excluding ortho intramolecular Hbond substituents is 1. The van der Waals surface area contributed by atoms with Crippen LogP contribution in [-0.4, -0.2) is 17.6 Å². The van der Waals surface area contributed by atoms with Gasteiger partial charge in [-0.1, -0.05) is 0 Å². The van der Waals surface area contributed by atoms with Gasteiger partial charge in [0.15, 0.2) is 0 Å². The van der Waals surface area contributed by atoms with Gasteiger partial charge >= 0.3 is 0 Å². The maximum atomic E-state index is 11.7. The summed E-state index contributed by atoms with van der Waals surface area (Å²) in [7, 11) is 0. The molecule has 1 aliphatic heterocycles. The zero-order valence-electron chi connectivity index (χ0n) is 8.48. The molecule has 0 aromatic heterocycles. The van der Waals surface area contributed by atoms with Crippen molar-refractivity contribution in [2.45, 2.75) is 6.42 Å². The third-order valence-corrected chi connectivity index (χ3v) is 3.24. The number of rotatable bonds is 1. The Morgan fingerprint density at radius 3 is 2.88 bits per heavy atom. The summed E-state index contributed by atoms with van der Waals surface area (Å²) in [5.74, 6) is 2.77. The van der Waals surface area contributed by atoms with Crippen LogP contribution < -0.4 is 4.90 Å². The van der Waals surface area contributed by atoms with E-state index in [4.69, 9.17) is 6.42 Å². The van der Waals surface area contributed by atoms with Crippen molar-refractivity contribution in [3.8, 4) is 18.1 Å². The second-order valence-corrected chi connectivity index (χ2v) is 4.56. The Morgan fingerprint density at radius 2 is 2.31 bits per heavy atom. The minimum Gasteiger partial charge on any atom is -0.507 e. The number of anilines is 1. The van der Waals surface area contributed by atoms with Gasteiger partial charge in [-0.3, -0.25) is 4.79 Å². The molecule has 1 aromatic rings. The van der Waals surface area contributed by atoms with Gasteiger partial charge in [-0.15, -0.1) is 12.3 Å². The number of hydrogen-bond acceptors (Lipinski definition) is 2. The summed E-state index contributed by atoms with van der Waals surface area (Å²) in [5.41, 5.74) is 0.757. The van der Waals surface area contributed by atoms with E-state index >= 15 is 0 Å². The lowest BCUT2D eigenvalue weighted by Crippen LogP contribution is -2.24. The van der Waals surface area contributed by atoms with Crippen LogP contribution in [0.2, 0.25) is 0 Å². The molecule has 4 heteroatoms. The van der Waals surface area contributed by atoms with Gasteiger partial charge in [0, 0.05) is 24.6 Å². The lowest BCUT2D eigenvalue weighted by Gasteiger charge is -2.16. The smallest absolute Gasteiger partial charge is 0.228 e. The van der Waals surface area contributed by atoms with Gasteiger partial charge in [-0.2, -0.15) is 0 Å². The van der Waals surface area contributed by atoms with Crippen LogP contribution in [0.25, 0.3) is 0 Å². The van der Waals surface area contributed by atoms with Gasteiger partial charge in [0.1, 0.15) is 5.75 Å². The van der Waals surface area contributed by atoms with E-state index in [1.54, 1.807) is 23.1 Å². The molecule has 1 fully saturated rings. The standard InChI is InChI=1S/C12H10BrNO2/c1-2-8-5-12(16)14(7-8)9-3-4-11(15)10(13)6-9/h1,3-4,6,8,15H,5,7H2. The number of phenols is 1. The quantitative estimate of drug-likeness (QED) is 0.801. The molecule has 3 nitrogen and oxygen atoms in total. The number of hydrogen-bond donors (Lipinski definition) is 1. The monoisotopic (exact) mass is 279 g/mol. The third-order valence-electron chi connectivity index (χ3n) is 2.60. The van der Waals surface area contributed by atoms with Crippen molar-refractivity contribution in [2.75, 3.05) is 11.4 Å². The van der Waals surface area contributed by atoms with Gasteiger partial charge in [0.2, 0.25) is 5.91 Å². The van der Waals surface area contributed by atoms with E-state index in [9.17, 15) is 9.90 Å². The average molecular weight is 280 g/mol.